The summed E-state index contributed by atoms with van der Waals surface area (Å²) in [6.45, 7) is 8.69. The molecule has 0 saturated heterocycles. The topological polar surface area (TPSA) is 114 Å². The van der Waals surface area contributed by atoms with Crippen molar-refractivity contribution in [2.24, 2.45) is 10.7 Å². The molecule has 3 aromatic rings. The average molecular weight is 481 g/mol. The van der Waals surface area contributed by atoms with Crippen molar-refractivity contribution in [3.63, 3.8) is 0 Å². The number of pyridine rings is 1. The summed E-state index contributed by atoms with van der Waals surface area (Å²) in [5.41, 5.74) is 6.17. The van der Waals surface area contributed by atoms with E-state index < -0.39 is 26.1 Å². The molecule has 2 aromatic heterocycles. The first kappa shape index (κ1) is 22.0. The van der Waals surface area contributed by atoms with E-state index in [1.54, 1.807) is 35.9 Å². The van der Waals surface area contributed by atoms with Crippen molar-refractivity contribution in [1.82, 2.24) is 13.7 Å². The Morgan fingerprint density at radius 1 is 1.29 bits per heavy atom. The van der Waals surface area contributed by atoms with E-state index in [9.17, 15) is 13.2 Å². The second-order valence-corrected chi connectivity index (χ2v) is 11.1. The summed E-state index contributed by atoms with van der Waals surface area (Å²) in [5.74, 6) is -1.11. The smallest absolute Gasteiger partial charge is 0.245 e. The minimum absolute atomic E-state index is 0.0677. The Kier molecular flexibility index (Phi) is 4.61. The van der Waals surface area contributed by atoms with Gasteiger partial charge in [-0.3, -0.25) is 4.79 Å². The molecule has 0 radical (unpaired) electrons. The maximum Gasteiger partial charge on any atom is 0.245 e. The number of ketones is 1. The monoisotopic (exact) mass is 480 g/mol. The van der Waals surface area contributed by atoms with Crippen LogP contribution in [-0.4, -0.2) is 45.6 Å². The van der Waals surface area contributed by atoms with E-state index in [0.29, 0.717) is 29.7 Å². The highest BCUT2D eigenvalue weighted by Crippen LogP contribution is 2.60. The van der Waals surface area contributed by atoms with Crippen molar-refractivity contribution in [3.05, 3.63) is 76.8 Å². The Morgan fingerprint density at radius 2 is 2.03 bits per heavy atom. The van der Waals surface area contributed by atoms with Gasteiger partial charge in [-0.1, -0.05) is 6.07 Å². The zero-order valence-electron chi connectivity index (χ0n) is 18.5. The van der Waals surface area contributed by atoms with E-state index in [1.807, 2.05) is 0 Å². The number of benzene rings is 1. The maximum atomic E-state index is 15.1. The molecule has 3 heterocycles. The number of carbonyl (C=O) groups is 1. The number of Topliss-reactive ketones (excluding diaryl/α,β-unsaturated/α-hetero) is 1. The van der Waals surface area contributed by atoms with E-state index in [4.69, 9.17) is 12.3 Å². The van der Waals surface area contributed by atoms with E-state index in [1.165, 1.54) is 25.2 Å². The van der Waals surface area contributed by atoms with Crippen LogP contribution in [0.15, 0.2) is 47.7 Å². The van der Waals surface area contributed by atoms with Gasteiger partial charge in [-0.05, 0) is 55.8 Å². The van der Waals surface area contributed by atoms with Crippen LogP contribution in [0.4, 0.5) is 10.1 Å². The number of hydrogen-bond acceptors (Lipinski definition) is 6. The molecule has 1 atom stereocenters. The van der Waals surface area contributed by atoms with E-state index >= 15 is 4.39 Å². The molecule has 11 heteroatoms. The molecule has 1 aliphatic carbocycles. The SMILES string of the molecule is [C-]#[N+]c1ccn2cc(C(=O)Cc3ccc(F)c([C@@]4(C)N=C(N)N(C)S(=O)(=O)C45CC5)c3)nc2c1. The lowest BCUT2D eigenvalue weighted by atomic mass is 9.85. The minimum Gasteiger partial charge on any atom is -0.369 e. The number of aliphatic imine (C=N–C) groups is 1. The molecule has 1 spiro atoms. The van der Waals surface area contributed by atoms with E-state index in [2.05, 4.69) is 14.8 Å². The highest BCUT2D eigenvalue weighted by Gasteiger charge is 2.70. The fourth-order valence-electron chi connectivity index (χ4n) is 4.71. The predicted molar refractivity (Wildman–Crippen MR) is 124 cm³/mol. The summed E-state index contributed by atoms with van der Waals surface area (Å²) in [7, 11) is -2.50. The van der Waals surface area contributed by atoms with Gasteiger partial charge in [0, 0.05) is 25.2 Å². The van der Waals surface area contributed by atoms with Gasteiger partial charge in [0.2, 0.25) is 16.0 Å². The van der Waals surface area contributed by atoms with Crippen molar-refractivity contribution in [2.45, 2.75) is 36.5 Å². The number of fused-ring (bicyclic) bond motifs is 1. The van der Waals surface area contributed by atoms with Gasteiger partial charge in [-0.25, -0.2) is 31.9 Å². The summed E-state index contributed by atoms with van der Waals surface area (Å²) in [6, 6.07) is 7.42. The Balaban J connectivity index is 1.52. The van der Waals surface area contributed by atoms with Gasteiger partial charge in [-0.15, -0.1) is 0 Å². The average Bonchev–Trinajstić information content (AvgIpc) is 3.53. The van der Waals surface area contributed by atoms with Crippen LogP contribution >= 0.6 is 0 Å². The molecule has 2 N–H and O–H groups in total. The lowest BCUT2D eigenvalue weighted by Crippen LogP contribution is -2.58. The molecule has 0 bridgehead atoms. The number of aromatic nitrogens is 2. The van der Waals surface area contributed by atoms with Crippen LogP contribution in [0.3, 0.4) is 0 Å². The summed E-state index contributed by atoms with van der Waals surface area (Å²) in [6.07, 6.45) is 3.83. The number of sulfonamides is 1. The van der Waals surface area contributed by atoms with Crippen molar-refractivity contribution in [3.8, 4) is 0 Å². The molecule has 1 fully saturated rings. The van der Waals surface area contributed by atoms with Crippen LogP contribution in [0, 0.1) is 12.4 Å². The Hall–Kier alpha value is -3.78. The first-order chi connectivity index (χ1) is 16.0. The van der Waals surface area contributed by atoms with Gasteiger partial charge in [0.15, 0.2) is 11.5 Å². The Labute approximate surface area is 195 Å². The number of imidazole rings is 1. The zero-order chi connectivity index (χ0) is 24.5. The fraction of sp³-hybridized carbons (Fsp3) is 0.304. The number of guanidine groups is 1. The molecule has 2 aliphatic rings. The van der Waals surface area contributed by atoms with Crippen LogP contribution in [0.2, 0.25) is 0 Å². The van der Waals surface area contributed by atoms with Crippen LogP contribution in [0.25, 0.3) is 10.5 Å². The van der Waals surface area contributed by atoms with Crippen LogP contribution in [0.1, 0.15) is 41.4 Å². The molecular formula is C23H21FN6O3S. The second kappa shape index (κ2) is 7.11. The highest BCUT2D eigenvalue weighted by molar-refractivity contribution is 7.91. The lowest BCUT2D eigenvalue weighted by Gasteiger charge is -2.42. The minimum atomic E-state index is -3.84. The largest absolute Gasteiger partial charge is 0.369 e. The Morgan fingerprint density at radius 3 is 2.71 bits per heavy atom. The van der Waals surface area contributed by atoms with Crippen LogP contribution < -0.4 is 5.73 Å². The molecule has 0 unspecified atom stereocenters. The van der Waals surface area contributed by atoms with Crippen LogP contribution in [0.5, 0.6) is 0 Å². The first-order valence-electron chi connectivity index (χ1n) is 10.5. The number of nitrogens with zero attached hydrogens (tertiary/aromatic N) is 5. The van der Waals surface area contributed by atoms with Gasteiger partial charge < -0.3 is 10.1 Å². The maximum absolute atomic E-state index is 15.1. The molecule has 34 heavy (non-hydrogen) atoms. The number of carbonyl (C=O) groups excluding carboxylic acids is 1. The molecule has 174 valence electrons. The molecular weight excluding hydrogens is 459 g/mol. The Bertz CT molecular complexity index is 1550. The van der Waals surface area contributed by atoms with Gasteiger partial charge in [0.25, 0.3) is 0 Å². The van der Waals surface area contributed by atoms with Crippen molar-refractivity contribution in [2.75, 3.05) is 7.05 Å². The van der Waals surface area contributed by atoms with Gasteiger partial charge in [-0.2, -0.15) is 0 Å². The number of nitrogens with two attached hydrogens (primary N) is 1. The molecule has 1 aliphatic heterocycles. The molecule has 1 aromatic carbocycles. The normalized spacial score (nSPS) is 22.4. The number of halogens is 1. The molecule has 5 rings (SSSR count). The van der Waals surface area contributed by atoms with E-state index in [0.717, 1.165) is 4.31 Å². The van der Waals surface area contributed by atoms with Crippen LogP contribution in [-0.2, 0) is 22.0 Å². The second-order valence-electron chi connectivity index (χ2n) is 8.81. The molecule has 1 saturated carbocycles. The number of hydrogen-bond donors (Lipinski definition) is 1. The summed E-state index contributed by atoms with van der Waals surface area (Å²) >= 11 is 0. The fourth-order valence-corrected chi connectivity index (χ4v) is 6.80. The first-order valence-corrected chi connectivity index (χ1v) is 12.0. The standard InChI is InChI=1S/C23H21FN6O3S/c1-22(23(7-8-23)34(32,33)29(3)21(25)28-22)16-10-14(4-5-17(16)24)11-19(31)18-13-30-9-6-15(26-2)12-20(30)27-18/h4-6,9-10,12-13H,7-8,11H2,1,3H3,(H2,25,28)/t22-/m1/s1. The van der Waals surface area contributed by atoms with Gasteiger partial charge in [0.05, 0.1) is 6.57 Å². The molecule has 0 amide bonds. The summed E-state index contributed by atoms with van der Waals surface area (Å²) in [5, 5.41) is 0. The predicted octanol–water partition coefficient (Wildman–Crippen LogP) is 2.79. The lowest BCUT2D eigenvalue weighted by molar-refractivity contribution is 0.0988. The highest BCUT2D eigenvalue weighted by atomic mass is 32.2. The van der Waals surface area contributed by atoms with Gasteiger partial charge >= 0.3 is 0 Å². The third kappa shape index (κ3) is 2.95. The van der Waals surface area contributed by atoms with E-state index in [-0.39, 0.29) is 29.4 Å². The third-order valence-corrected chi connectivity index (χ3v) is 9.59. The van der Waals surface area contributed by atoms with Crippen molar-refractivity contribution < 1.29 is 17.6 Å². The molecule has 9 nitrogen and oxygen atoms in total. The quantitative estimate of drug-likeness (QED) is 0.456. The number of rotatable bonds is 4. The summed E-state index contributed by atoms with van der Waals surface area (Å²) < 4.78 is 42.7. The van der Waals surface area contributed by atoms with Crippen molar-refractivity contribution >= 4 is 33.1 Å². The third-order valence-electron chi connectivity index (χ3n) is 6.88. The van der Waals surface area contributed by atoms with Crippen molar-refractivity contribution in [1.29, 1.82) is 0 Å². The van der Waals surface area contributed by atoms with Gasteiger partial charge in [0.1, 0.15) is 27.4 Å². The zero-order valence-corrected chi connectivity index (χ0v) is 19.3. The summed E-state index contributed by atoms with van der Waals surface area (Å²) in [4.78, 5) is 25.0.